The number of benzene rings is 4. The summed E-state index contributed by atoms with van der Waals surface area (Å²) in [5, 5.41) is 37.8. The zero-order chi connectivity index (χ0) is 46.0. The zero-order valence-corrected chi connectivity index (χ0v) is 36.0. The maximum Gasteiger partial charge on any atom is 0.323 e. The molecular weight excluding hydrogens is 821 g/mol. The molecule has 3 fully saturated rings. The number of piperazine rings is 2. The number of nitriles is 1. The number of aromatic hydroxyl groups is 2. The SMILES string of the molecule is C1CCOC1.N#Cc1ccc2c(O)cccc2n1.[C-]#[N+]C(C(=N)c1ccc2c(O)cccc2n1)N1CCN(C(=O)c2ccccc2)CC1.[C-]#[N+]CN1CCN(C(=O)c2ccccc2)CC1. The minimum absolute atomic E-state index is 0.0132. The Hall–Kier alpha value is -7.74. The van der Waals surface area contributed by atoms with Crippen molar-refractivity contribution in [3.05, 3.63) is 167 Å². The van der Waals surface area contributed by atoms with Gasteiger partial charge in [-0.2, -0.15) is 5.26 Å². The average Bonchev–Trinajstić information content (AvgIpc) is 3.96. The molecule has 0 spiro atoms. The predicted molar refractivity (Wildman–Crippen MR) is 248 cm³/mol. The number of aromatic nitrogens is 2. The highest BCUT2D eigenvalue weighted by Crippen LogP contribution is 2.25. The summed E-state index contributed by atoms with van der Waals surface area (Å²) in [5.41, 5.74) is 3.52. The summed E-state index contributed by atoms with van der Waals surface area (Å²) in [6.45, 7) is 21.9. The van der Waals surface area contributed by atoms with E-state index in [4.69, 9.17) is 28.6 Å². The van der Waals surface area contributed by atoms with Gasteiger partial charge in [0, 0.05) is 87.5 Å². The summed E-state index contributed by atoms with van der Waals surface area (Å²) >= 11 is 0. The molecule has 1 atom stereocenters. The van der Waals surface area contributed by atoms with Crippen molar-refractivity contribution in [2.24, 2.45) is 0 Å². The Labute approximate surface area is 378 Å². The van der Waals surface area contributed by atoms with Gasteiger partial charge in [0.15, 0.2) is 5.71 Å². The lowest BCUT2D eigenvalue weighted by molar-refractivity contribution is 0.0629. The first kappa shape index (κ1) is 46.8. The zero-order valence-electron chi connectivity index (χ0n) is 36.0. The molecule has 0 radical (unpaired) electrons. The van der Waals surface area contributed by atoms with Crippen molar-refractivity contribution in [3.8, 4) is 17.6 Å². The lowest BCUT2D eigenvalue weighted by Crippen LogP contribution is -2.53. The van der Waals surface area contributed by atoms with Crippen molar-refractivity contribution in [2.75, 3.05) is 72.2 Å². The third kappa shape index (κ3) is 12.7. The third-order valence-electron chi connectivity index (χ3n) is 10.9. The number of nitrogens with one attached hydrogen (secondary N) is 1. The molecule has 65 heavy (non-hydrogen) atoms. The van der Waals surface area contributed by atoms with Crippen LogP contribution in [0.3, 0.4) is 0 Å². The van der Waals surface area contributed by atoms with E-state index in [1.165, 1.54) is 12.8 Å². The molecule has 9 rings (SSSR count). The number of amides is 2. The van der Waals surface area contributed by atoms with Crippen LogP contribution in [0.2, 0.25) is 0 Å². The summed E-state index contributed by atoms with van der Waals surface area (Å²) in [4.78, 5) is 47.9. The fourth-order valence-electron chi connectivity index (χ4n) is 7.35. The van der Waals surface area contributed by atoms with E-state index in [0.29, 0.717) is 84.7 Å². The van der Waals surface area contributed by atoms with Gasteiger partial charge in [-0.25, -0.2) is 32.9 Å². The second kappa shape index (κ2) is 23.6. The van der Waals surface area contributed by atoms with E-state index in [1.807, 2.05) is 64.4 Å². The molecule has 0 aliphatic carbocycles. The number of ether oxygens (including phenoxy) is 1. The van der Waals surface area contributed by atoms with Crippen molar-refractivity contribution in [2.45, 2.75) is 19.0 Å². The van der Waals surface area contributed by atoms with Crippen molar-refractivity contribution in [1.29, 1.82) is 10.7 Å². The molecule has 3 saturated heterocycles. The lowest BCUT2D eigenvalue weighted by atomic mass is 10.1. The van der Waals surface area contributed by atoms with E-state index < -0.39 is 6.17 Å². The predicted octanol–water partition coefficient (Wildman–Crippen LogP) is 6.94. The van der Waals surface area contributed by atoms with Gasteiger partial charge in [0.05, 0.1) is 16.7 Å². The van der Waals surface area contributed by atoms with Gasteiger partial charge < -0.3 is 24.7 Å². The molecule has 330 valence electrons. The maximum absolute atomic E-state index is 12.6. The molecule has 6 aromatic rings. The molecule has 5 heterocycles. The third-order valence-corrected chi connectivity index (χ3v) is 10.9. The first-order chi connectivity index (χ1) is 31.7. The number of rotatable bonds is 6. The second-order valence-electron chi connectivity index (χ2n) is 15.2. The Balaban J connectivity index is 0.000000167. The minimum atomic E-state index is -0.763. The fraction of sp³-hybridized carbons (Fsp3) is 0.280. The summed E-state index contributed by atoms with van der Waals surface area (Å²) in [6.07, 6.45) is 1.79. The van der Waals surface area contributed by atoms with Crippen LogP contribution in [0.4, 0.5) is 0 Å². The Morgan fingerprint density at radius 1 is 0.677 bits per heavy atom. The topological polar surface area (TPSA) is 179 Å². The van der Waals surface area contributed by atoms with Gasteiger partial charge in [-0.15, -0.1) is 0 Å². The van der Waals surface area contributed by atoms with Crippen LogP contribution >= 0.6 is 0 Å². The van der Waals surface area contributed by atoms with Crippen LogP contribution in [0.25, 0.3) is 31.5 Å². The summed E-state index contributed by atoms with van der Waals surface area (Å²) in [6, 6.07) is 37.2. The van der Waals surface area contributed by atoms with Crippen LogP contribution in [-0.4, -0.2) is 136 Å². The number of hydrogen-bond donors (Lipinski definition) is 3. The lowest BCUT2D eigenvalue weighted by Gasteiger charge is -2.34. The molecule has 3 N–H and O–H groups in total. The summed E-state index contributed by atoms with van der Waals surface area (Å²) in [7, 11) is 0. The molecule has 2 amide bonds. The number of phenols is 2. The van der Waals surface area contributed by atoms with Gasteiger partial charge in [0.1, 0.15) is 23.3 Å². The van der Waals surface area contributed by atoms with E-state index in [1.54, 1.807) is 77.7 Å². The highest BCUT2D eigenvalue weighted by molar-refractivity contribution is 6.03. The largest absolute Gasteiger partial charge is 0.507 e. The number of carbonyl (C=O) groups excluding carboxylic acids is 2. The highest BCUT2D eigenvalue weighted by Gasteiger charge is 2.34. The van der Waals surface area contributed by atoms with Crippen molar-refractivity contribution >= 4 is 39.3 Å². The average molecular weight is 871 g/mol. The Morgan fingerprint density at radius 2 is 1.18 bits per heavy atom. The highest BCUT2D eigenvalue weighted by atomic mass is 16.5. The molecule has 0 bridgehead atoms. The molecular formula is C50H50N10O5. The van der Waals surface area contributed by atoms with Crippen LogP contribution in [0.1, 0.15) is 44.9 Å². The van der Waals surface area contributed by atoms with Crippen LogP contribution < -0.4 is 0 Å². The molecule has 3 aliphatic heterocycles. The summed E-state index contributed by atoms with van der Waals surface area (Å²) < 4.78 is 4.94. The Bertz CT molecular complexity index is 2670. The van der Waals surface area contributed by atoms with Gasteiger partial charge >= 0.3 is 6.17 Å². The van der Waals surface area contributed by atoms with E-state index in [2.05, 4.69) is 24.6 Å². The standard InChI is InChI=1S/C23H21N5O2.C13H15N3O.C10H6N2O.C4H8O/c1-25-22(21(24)19-11-10-17-18(26-19)8-5-9-20(17)29)27-12-14-28(15-13-27)23(30)16-6-3-2-4-7-16;1-14-11-15-7-9-16(10-8-15)13(17)12-5-3-2-4-6-12;11-6-7-4-5-8-9(12-7)2-1-3-10(8)13;1-2-4-5-3-1/h2-11,22,24,29H,12-15H2;2-6H,7-11H2;1-5,13H;1-4H2. The number of carbonyl (C=O) groups is 2. The summed E-state index contributed by atoms with van der Waals surface area (Å²) in [5.74, 6) is 0.405. The van der Waals surface area contributed by atoms with Crippen LogP contribution in [0, 0.1) is 29.9 Å². The van der Waals surface area contributed by atoms with Gasteiger partial charge in [-0.05, 0) is 85.6 Å². The first-order valence-corrected chi connectivity index (χ1v) is 21.3. The van der Waals surface area contributed by atoms with Gasteiger partial charge in [-0.1, -0.05) is 48.5 Å². The monoisotopic (exact) mass is 870 g/mol. The van der Waals surface area contributed by atoms with Crippen molar-refractivity contribution < 1.29 is 24.5 Å². The molecule has 0 saturated carbocycles. The number of phenolic OH excluding ortho intramolecular Hbond substituents is 2. The minimum Gasteiger partial charge on any atom is -0.507 e. The molecule has 2 aromatic heterocycles. The molecule has 15 heteroatoms. The smallest absolute Gasteiger partial charge is 0.323 e. The normalized spacial score (nSPS) is 15.3. The van der Waals surface area contributed by atoms with Crippen LogP contribution in [0.5, 0.6) is 11.5 Å². The van der Waals surface area contributed by atoms with Crippen molar-refractivity contribution in [3.63, 3.8) is 0 Å². The van der Waals surface area contributed by atoms with E-state index in [9.17, 15) is 19.8 Å². The van der Waals surface area contributed by atoms with E-state index >= 15 is 0 Å². The van der Waals surface area contributed by atoms with E-state index in [-0.39, 0.29) is 29.0 Å². The Morgan fingerprint density at radius 3 is 1.66 bits per heavy atom. The second-order valence-corrected chi connectivity index (χ2v) is 15.2. The first-order valence-electron chi connectivity index (χ1n) is 21.3. The molecule has 3 aliphatic rings. The quantitative estimate of drug-likeness (QED) is 0.117. The number of fused-ring (bicyclic) bond motifs is 2. The van der Waals surface area contributed by atoms with Crippen molar-refractivity contribution in [1.82, 2.24) is 29.6 Å². The number of pyridine rings is 2. The van der Waals surface area contributed by atoms with E-state index in [0.717, 1.165) is 31.9 Å². The fourth-order valence-corrected chi connectivity index (χ4v) is 7.35. The maximum atomic E-state index is 12.6. The molecule has 1 unspecified atom stereocenters. The number of nitrogens with zero attached hydrogens (tertiary/aromatic N) is 9. The van der Waals surface area contributed by atoms with Crippen LogP contribution in [-0.2, 0) is 4.74 Å². The molecule has 15 nitrogen and oxygen atoms in total. The number of hydrogen-bond acceptors (Lipinski definition) is 11. The van der Waals surface area contributed by atoms with Gasteiger partial charge in [-0.3, -0.25) is 24.7 Å². The van der Waals surface area contributed by atoms with Gasteiger partial charge in [0.2, 0.25) is 0 Å². The van der Waals surface area contributed by atoms with Gasteiger partial charge in [0.25, 0.3) is 18.5 Å². The Kier molecular flexibility index (Phi) is 17.0. The molecule has 4 aromatic carbocycles. The van der Waals surface area contributed by atoms with Crippen LogP contribution in [0.15, 0.2) is 121 Å².